The van der Waals surface area contributed by atoms with Crippen molar-refractivity contribution >= 4 is 17.4 Å². The number of anilines is 2. The summed E-state index contributed by atoms with van der Waals surface area (Å²) in [7, 11) is 0. The number of carbonyl (C=O) groups is 1. The van der Waals surface area contributed by atoms with Gasteiger partial charge < -0.3 is 15.3 Å². The molecule has 3 aromatic rings. The molecular weight excluding hydrogens is 449 g/mol. The van der Waals surface area contributed by atoms with E-state index in [0.717, 1.165) is 12.1 Å². The molecular formula is C23H21F3N6O2. The van der Waals surface area contributed by atoms with Crippen molar-refractivity contribution < 1.29 is 23.1 Å². The van der Waals surface area contributed by atoms with Crippen molar-refractivity contribution in [2.75, 3.05) is 23.3 Å². The van der Waals surface area contributed by atoms with Gasteiger partial charge in [0.05, 0.1) is 52.3 Å². The highest BCUT2D eigenvalue weighted by Crippen LogP contribution is 2.30. The molecule has 1 amide bonds. The number of aromatic nitrogens is 3. The first-order chi connectivity index (χ1) is 16.2. The molecule has 0 unspecified atom stereocenters. The van der Waals surface area contributed by atoms with Crippen LogP contribution in [0, 0.1) is 18.3 Å². The van der Waals surface area contributed by atoms with Crippen LogP contribution in [0.2, 0.25) is 0 Å². The molecule has 0 bridgehead atoms. The second kappa shape index (κ2) is 9.15. The van der Waals surface area contributed by atoms with Crippen LogP contribution in [0.3, 0.4) is 0 Å². The average Bonchev–Trinajstić information content (AvgIpc) is 3.20. The maximum absolute atomic E-state index is 12.8. The summed E-state index contributed by atoms with van der Waals surface area (Å²) in [6.45, 7) is 2.79. The average molecular weight is 470 g/mol. The summed E-state index contributed by atoms with van der Waals surface area (Å²) in [5, 5.41) is 26.1. The number of aliphatic hydroxyl groups excluding tert-OH is 1. The molecule has 34 heavy (non-hydrogen) atoms. The summed E-state index contributed by atoms with van der Waals surface area (Å²) < 4.78 is 39.8. The molecule has 0 spiro atoms. The van der Waals surface area contributed by atoms with Crippen molar-refractivity contribution in [1.82, 2.24) is 14.8 Å². The number of benzene rings is 1. The van der Waals surface area contributed by atoms with Gasteiger partial charge in [-0.15, -0.1) is 0 Å². The maximum Gasteiger partial charge on any atom is 0.416 e. The minimum Gasteiger partial charge on any atom is -0.393 e. The van der Waals surface area contributed by atoms with Crippen LogP contribution in [0.1, 0.15) is 40.0 Å². The Labute approximate surface area is 193 Å². The monoisotopic (exact) mass is 470 g/mol. The van der Waals surface area contributed by atoms with Crippen LogP contribution in [-0.2, 0) is 6.18 Å². The molecule has 8 nitrogen and oxygen atoms in total. The number of aliphatic hydroxyl groups is 1. The Kier molecular flexibility index (Phi) is 6.26. The number of amides is 1. The zero-order chi connectivity index (χ0) is 24.5. The Hall–Kier alpha value is -3.91. The lowest BCUT2D eigenvalue weighted by atomic mass is 10.1. The number of hydrogen-bond donors (Lipinski definition) is 2. The first-order valence-electron chi connectivity index (χ1n) is 10.5. The Bertz CT molecular complexity index is 1240. The van der Waals surface area contributed by atoms with Gasteiger partial charge in [0.15, 0.2) is 0 Å². The summed E-state index contributed by atoms with van der Waals surface area (Å²) in [6, 6.07) is 8.10. The van der Waals surface area contributed by atoms with Crippen molar-refractivity contribution in [2.24, 2.45) is 0 Å². The van der Waals surface area contributed by atoms with Crippen LogP contribution >= 0.6 is 0 Å². The van der Waals surface area contributed by atoms with Gasteiger partial charge in [-0.3, -0.25) is 4.79 Å². The largest absolute Gasteiger partial charge is 0.416 e. The van der Waals surface area contributed by atoms with Gasteiger partial charge in [0, 0.05) is 13.1 Å². The van der Waals surface area contributed by atoms with E-state index in [1.807, 2.05) is 4.90 Å². The second-order valence-electron chi connectivity index (χ2n) is 7.98. The van der Waals surface area contributed by atoms with Crippen molar-refractivity contribution in [3.05, 3.63) is 65.1 Å². The molecule has 1 saturated heterocycles. The molecule has 1 aliphatic rings. The summed E-state index contributed by atoms with van der Waals surface area (Å²) in [5.41, 5.74) is 0.898. The van der Waals surface area contributed by atoms with Crippen LogP contribution in [0.5, 0.6) is 0 Å². The second-order valence-corrected chi connectivity index (χ2v) is 7.98. The van der Waals surface area contributed by atoms with Crippen molar-refractivity contribution in [2.45, 2.75) is 32.0 Å². The zero-order valence-electron chi connectivity index (χ0n) is 18.2. The zero-order valence-corrected chi connectivity index (χ0v) is 18.2. The van der Waals surface area contributed by atoms with Gasteiger partial charge >= 0.3 is 6.18 Å². The Balaban J connectivity index is 1.51. The summed E-state index contributed by atoms with van der Waals surface area (Å²) in [6.07, 6.45) is -0.833. The molecule has 2 N–H and O–H groups in total. The van der Waals surface area contributed by atoms with Crippen LogP contribution in [0.15, 0.2) is 42.7 Å². The highest BCUT2D eigenvalue weighted by atomic mass is 19.4. The summed E-state index contributed by atoms with van der Waals surface area (Å²) in [4.78, 5) is 19.1. The normalized spacial score (nSPS) is 14.6. The first-order valence-corrected chi connectivity index (χ1v) is 10.5. The fourth-order valence-electron chi connectivity index (χ4n) is 3.82. The van der Waals surface area contributed by atoms with Gasteiger partial charge in [-0.2, -0.15) is 23.5 Å². The maximum atomic E-state index is 12.8. The number of hydrogen-bond acceptors (Lipinski definition) is 6. The Morgan fingerprint density at radius 2 is 1.88 bits per heavy atom. The van der Waals surface area contributed by atoms with Crippen LogP contribution in [0.4, 0.5) is 24.7 Å². The molecule has 0 radical (unpaired) electrons. The molecule has 11 heteroatoms. The highest BCUT2D eigenvalue weighted by molar-refractivity contribution is 6.05. The van der Waals surface area contributed by atoms with Crippen LogP contribution in [0.25, 0.3) is 5.69 Å². The fourth-order valence-corrected chi connectivity index (χ4v) is 3.82. The Morgan fingerprint density at radius 3 is 2.50 bits per heavy atom. The number of nitrogens with zero attached hydrogens (tertiary/aromatic N) is 5. The molecule has 1 aliphatic heterocycles. The summed E-state index contributed by atoms with van der Waals surface area (Å²) >= 11 is 0. The molecule has 0 aliphatic carbocycles. The van der Waals surface area contributed by atoms with Gasteiger partial charge in [0.2, 0.25) is 0 Å². The van der Waals surface area contributed by atoms with E-state index in [1.54, 1.807) is 6.92 Å². The third kappa shape index (κ3) is 4.72. The van der Waals surface area contributed by atoms with E-state index >= 15 is 0 Å². The van der Waals surface area contributed by atoms with Gasteiger partial charge in [-0.05, 0) is 50.1 Å². The van der Waals surface area contributed by atoms with E-state index in [9.17, 15) is 28.3 Å². The highest BCUT2D eigenvalue weighted by Gasteiger charge is 2.30. The van der Waals surface area contributed by atoms with Crippen molar-refractivity contribution in [3.8, 4) is 11.8 Å². The van der Waals surface area contributed by atoms with E-state index in [1.165, 1.54) is 35.3 Å². The molecule has 1 fully saturated rings. The van der Waals surface area contributed by atoms with Crippen LogP contribution < -0.4 is 10.2 Å². The standard InChI is InChI=1S/C23H21F3N6O2/c1-14-20(13-29-32(14)18-4-2-16(3-5-18)23(24,25)26)22(34)30-17-10-15(11-27)21(28-12-17)31-8-6-19(33)7-9-31/h2-5,10,12-13,19,33H,6-9H2,1H3,(H,30,34). The number of alkyl halides is 3. The molecule has 4 rings (SSSR count). The lowest BCUT2D eigenvalue weighted by Crippen LogP contribution is -2.36. The molecule has 0 atom stereocenters. The minimum absolute atomic E-state index is 0.229. The Morgan fingerprint density at radius 1 is 1.21 bits per heavy atom. The van der Waals surface area contributed by atoms with Crippen molar-refractivity contribution in [3.63, 3.8) is 0 Å². The number of nitrogens with one attached hydrogen (secondary N) is 1. The van der Waals surface area contributed by atoms with Gasteiger partial charge in [-0.25, -0.2) is 9.67 Å². The molecule has 0 saturated carbocycles. The predicted octanol–water partition coefficient (Wildman–Crippen LogP) is 3.68. The van der Waals surface area contributed by atoms with Gasteiger partial charge in [0.25, 0.3) is 5.91 Å². The molecule has 176 valence electrons. The first kappa shape index (κ1) is 23.3. The van der Waals surface area contributed by atoms with Gasteiger partial charge in [-0.1, -0.05) is 0 Å². The van der Waals surface area contributed by atoms with E-state index in [2.05, 4.69) is 21.5 Å². The van der Waals surface area contributed by atoms with E-state index in [4.69, 9.17) is 0 Å². The predicted molar refractivity (Wildman–Crippen MR) is 118 cm³/mol. The van der Waals surface area contributed by atoms with E-state index < -0.39 is 17.6 Å². The third-order valence-electron chi connectivity index (χ3n) is 5.70. The quantitative estimate of drug-likeness (QED) is 0.603. The summed E-state index contributed by atoms with van der Waals surface area (Å²) in [5.74, 6) is 0.00824. The smallest absolute Gasteiger partial charge is 0.393 e. The fraction of sp³-hybridized carbons (Fsp3) is 0.304. The van der Waals surface area contributed by atoms with Gasteiger partial charge in [0.1, 0.15) is 11.9 Å². The van der Waals surface area contributed by atoms with E-state index in [-0.39, 0.29) is 11.7 Å². The van der Waals surface area contributed by atoms with Crippen molar-refractivity contribution in [1.29, 1.82) is 5.26 Å². The van der Waals surface area contributed by atoms with E-state index in [0.29, 0.717) is 54.4 Å². The molecule has 2 aromatic heterocycles. The van der Waals surface area contributed by atoms with Crippen LogP contribution in [-0.4, -0.2) is 45.0 Å². The molecule has 3 heterocycles. The lowest BCUT2D eigenvalue weighted by Gasteiger charge is -2.31. The topological polar surface area (TPSA) is 107 Å². The number of nitriles is 1. The third-order valence-corrected chi connectivity index (χ3v) is 5.70. The lowest BCUT2D eigenvalue weighted by molar-refractivity contribution is -0.137. The number of carbonyl (C=O) groups excluding carboxylic acids is 1. The number of halogens is 3. The number of piperidine rings is 1. The number of rotatable bonds is 4. The minimum atomic E-state index is -4.44. The molecule has 1 aromatic carbocycles. The number of pyridine rings is 1. The SMILES string of the molecule is Cc1c(C(=O)Nc2cnc(N3CCC(O)CC3)c(C#N)c2)cnn1-c1ccc(C(F)(F)F)cc1.